The molecule has 1 amide bonds. The van der Waals surface area contributed by atoms with Crippen molar-refractivity contribution in [2.45, 2.75) is 38.5 Å². The highest BCUT2D eigenvalue weighted by atomic mass is 16.3. The molecule has 1 saturated carbocycles. The molecule has 2 fully saturated rings. The minimum atomic E-state index is -0.0300. The highest BCUT2D eigenvalue weighted by molar-refractivity contribution is 5.79. The second-order valence-corrected chi connectivity index (χ2v) is 5.63. The average Bonchev–Trinajstić information content (AvgIpc) is 2.86. The van der Waals surface area contributed by atoms with Crippen molar-refractivity contribution in [1.82, 2.24) is 10.6 Å². The van der Waals surface area contributed by atoms with Crippen molar-refractivity contribution in [3.63, 3.8) is 0 Å². The van der Waals surface area contributed by atoms with Gasteiger partial charge >= 0.3 is 0 Å². The molecule has 1 unspecified atom stereocenters. The molecule has 1 aliphatic carbocycles. The molecule has 3 N–H and O–H groups in total. The van der Waals surface area contributed by atoms with E-state index in [0.29, 0.717) is 6.54 Å². The van der Waals surface area contributed by atoms with Gasteiger partial charge in [0, 0.05) is 18.5 Å². The number of carbonyl (C=O) groups is 1. The summed E-state index contributed by atoms with van der Waals surface area (Å²) in [6.45, 7) is 2.69. The van der Waals surface area contributed by atoms with E-state index in [0.717, 1.165) is 38.8 Å². The number of amides is 1. The molecular weight excluding hydrogens is 216 g/mol. The zero-order valence-electron chi connectivity index (χ0n) is 10.5. The smallest absolute Gasteiger partial charge is 0.224 e. The van der Waals surface area contributed by atoms with E-state index in [4.69, 9.17) is 0 Å². The molecule has 4 heteroatoms. The van der Waals surface area contributed by atoms with E-state index in [-0.39, 0.29) is 23.8 Å². The Morgan fingerprint density at radius 2 is 2.12 bits per heavy atom. The third-order valence-corrected chi connectivity index (χ3v) is 4.30. The van der Waals surface area contributed by atoms with E-state index in [1.54, 1.807) is 0 Å². The Morgan fingerprint density at radius 1 is 1.35 bits per heavy atom. The van der Waals surface area contributed by atoms with Crippen LogP contribution >= 0.6 is 0 Å². The Hall–Kier alpha value is -0.610. The Labute approximate surface area is 103 Å². The van der Waals surface area contributed by atoms with Gasteiger partial charge in [0.15, 0.2) is 0 Å². The molecule has 1 saturated heterocycles. The van der Waals surface area contributed by atoms with Crippen LogP contribution in [0.25, 0.3) is 0 Å². The maximum absolute atomic E-state index is 12.0. The van der Waals surface area contributed by atoms with E-state index in [1.807, 2.05) is 0 Å². The third kappa shape index (κ3) is 3.19. The van der Waals surface area contributed by atoms with Gasteiger partial charge in [0.2, 0.25) is 5.91 Å². The number of hydrogen-bond acceptors (Lipinski definition) is 3. The Kier molecular flexibility index (Phi) is 4.40. The number of hydrogen-bond donors (Lipinski definition) is 3. The van der Waals surface area contributed by atoms with Crippen LogP contribution in [0.3, 0.4) is 0 Å². The van der Waals surface area contributed by atoms with E-state index in [9.17, 15) is 9.90 Å². The highest BCUT2D eigenvalue weighted by Gasteiger charge is 2.34. The van der Waals surface area contributed by atoms with Crippen LogP contribution in [0, 0.1) is 11.3 Å². The topological polar surface area (TPSA) is 61.4 Å². The second kappa shape index (κ2) is 5.83. The molecular formula is C13H24N2O2. The Morgan fingerprint density at radius 3 is 2.71 bits per heavy atom. The minimum Gasteiger partial charge on any atom is -0.396 e. The zero-order chi connectivity index (χ0) is 12.1. The monoisotopic (exact) mass is 240 g/mol. The predicted molar refractivity (Wildman–Crippen MR) is 66.6 cm³/mol. The van der Waals surface area contributed by atoms with Crippen molar-refractivity contribution in [3.05, 3.63) is 0 Å². The molecule has 0 spiro atoms. The fourth-order valence-corrected chi connectivity index (χ4v) is 3.01. The maximum atomic E-state index is 12.0. The first-order chi connectivity index (χ1) is 8.26. The van der Waals surface area contributed by atoms with Gasteiger partial charge in [-0.3, -0.25) is 4.79 Å². The summed E-state index contributed by atoms with van der Waals surface area (Å²) >= 11 is 0. The summed E-state index contributed by atoms with van der Waals surface area (Å²) in [6.07, 6.45) is 6.54. The van der Waals surface area contributed by atoms with Crippen molar-refractivity contribution in [3.8, 4) is 0 Å². The molecule has 2 aliphatic rings. The van der Waals surface area contributed by atoms with E-state index < -0.39 is 0 Å². The molecule has 1 atom stereocenters. The summed E-state index contributed by atoms with van der Waals surface area (Å²) in [5.41, 5.74) is -0.0300. The first kappa shape index (κ1) is 12.8. The van der Waals surface area contributed by atoms with Crippen LogP contribution in [0.2, 0.25) is 0 Å². The first-order valence-corrected chi connectivity index (χ1v) is 6.85. The van der Waals surface area contributed by atoms with Gasteiger partial charge in [-0.25, -0.2) is 0 Å². The second-order valence-electron chi connectivity index (χ2n) is 5.63. The summed E-state index contributed by atoms with van der Waals surface area (Å²) in [5.74, 6) is 0.290. The third-order valence-electron chi connectivity index (χ3n) is 4.30. The fourth-order valence-electron chi connectivity index (χ4n) is 3.01. The summed E-state index contributed by atoms with van der Waals surface area (Å²) in [6, 6.07) is 0. The van der Waals surface area contributed by atoms with E-state index >= 15 is 0 Å². The molecule has 0 aromatic rings. The van der Waals surface area contributed by atoms with Crippen LogP contribution in [-0.2, 0) is 4.79 Å². The molecule has 0 radical (unpaired) electrons. The van der Waals surface area contributed by atoms with Gasteiger partial charge in [-0.1, -0.05) is 12.8 Å². The number of carbonyl (C=O) groups excluding carboxylic acids is 1. The van der Waals surface area contributed by atoms with Gasteiger partial charge in [-0.05, 0) is 32.2 Å². The van der Waals surface area contributed by atoms with Crippen LogP contribution < -0.4 is 10.6 Å². The lowest BCUT2D eigenvalue weighted by atomic mass is 9.87. The van der Waals surface area contributed by atoms with Gasteiger partial charge in [0.1, 0.15) is 0 Å². The molecule has 0 bridgehead atoms. The number of piperidine rings is 1. The normalized spacial score (nSPS) is 27.9. The van der Waals surface area contributed by atoms with Crippen molar-refractivity contribution >= 4 is 5.91 Å². The lowest BCUT2D eigenvalue weighted by Crippen LogP contribution is -2.44. The van der Waals surface area contributed by atoms with Crippen molar-refractivity contribution in [2.75, 3.05) is 26.2 Å². The standard InChI is InChI=1S/C13H24N2O2/c16-10-13(5-1-2-6-13)9-15-12(17)11-4-3-7-14-8-11/h11,14,16H,1-10H2,(H,15,17). The largest absolute Gasteiger partial charge is 0.396 e. The minimum absolute atomic E-state index is 0.0300. The van der Waals surface area contributed by atoms with Gasteiger partial charge in [0.05, 0.1) is 12.5 Å². The van der Waals surface area contributed by atoms with Gasteiger partial charge in [-0.2, -0.15) is 0 Å². The molecule has 0 aromatic carbocycles. The van der Waals surface area contributed by atoms with Crippen molar-refractivity contribution in [1.29, 1.82) is 0 Å². The van der Waals surface area contributed by atoms with Gasteiger partial charge in [-0.15, -0.1) is 0 Å². The van der Waals surface area contributed by atoms with Crippen LogP contribution in [0.15, 0.2) is 0 Å². The number of aliphatic hydroxyl groups excluding tert-OH is 1. The van der Waals surface area contributed by atoms with Crippen LogP contribution in [0.4, 0.5) is 0 Å². The molecule has 0 aromatic heterocycles. The molecule has 98 valence electrons. The number of nitrogens with one attached hydrogen (secondary N) is 2. The van der Waals surface area contributed by atoms with Crippen LogP contribution in [-0.4, -0.2) is 37.3 Å². The lowest BCUT2D eigenvalue weighted by Gasteiger charge is -2.28. The maximum Gasteiger partial charge on any atom is 0.224 e. The predicted octanol–water partition coefficient (Wildman–Crippen LogP) is 0.655. The van der Waals surface area contributed by atoms with Crippen LogP contribution in [0.5, 0.6) is 0 Å². The number of aliphatic hydroxyl groups is 1. The molecule has 1 heterocycles. The average molecular weight is 240 g/mol. The first-order valence-electron chi connectivity index (χ1n) is 6.85. The summed E-state index contributed by atoms with van der Waals surface area (Å²) in [5, 5.41) is 15.8. The van der Waals surface area contributed by atoms with E-state index in [2.05, 4.69) is 10.6 Å². The summed E-state index contributed by atoms with van der Waals surface area (Å²) in [7, 11) is 0. The van der Waals surface area contributed by atoms with Gasteiger partial charge in [0.25, 0.3) is 0 Å². The van der Waals surface area contributed by atoms with Crippen LogP contribution in [0.1, 0.15) is 38.5 Å². The van der Waals surface area contributed by atoms with Crippen molar-refractivity contribution in [2.24, 2.45) is 11.3 Å². The Bertz CT molecular complexity index is 256. The number of rotatable bonds is 4. The quantitative estimate of drug-likeness (QED) is 0.676. The SMILES string of the molecule is O=C(NCC1(CO)CCCC1)C1CCCNC1. The van der Waals surface area contributed by atoms with Gasteiger partial charge < -0.3 is 15.7 Å². The molecule has 2 rings (SSSR count). The van der Waals surface area contributed by atoms with E-state index in [1.165, 1.54) is 12.8 Å². The Balaban J connectivity index is 1.78. The summed E-state index contributed by atoms with van der Waals surface area (Å²) < 4.78 is 0. The lowest BCUT2D eigenvalue weighted by molar-refractivity contribution is -0.126. The highest BCUT2D eigenvalue weighted by Crippen LogP contribution is 2.36. The summed E-state index contributed by atoms with van der Waals surface area (Å²) in [4.78, 5) is 12.0. The molecule has 17 heavy (non-hydrogen) atoms. The molecule has 1 aliphatic heterocycles. The molecule has 4 nitrogen and oxygen atoms in total. The fraction of sp³-hybridized carbons (Fsp3) is 0.923. The zero-order valence-corrected chi connectivity index (χ0v) is 10.5. The van der Waals surface area contributed by atoms with Crippen molar-refractivity contribution < 1.29 is 9.90 Å².